The minimum Gasteiger partial charge on any atom is -0.458 e. The monoisotopic (exact) mass is 1270 g/mol. The fraction of sp³-hybridized carbons (Fsp3) is 0.597. The fourth-order valence-electron chi connectivity index (χ4n) is 12.1. The molecule has 29 nitrogen and oxygen atoms in total. The standard InChI is InChI=1S/C62H84N12O17/c1-26(2)42-59(85)73-21-17-18-36(73)57(83)69(13)24-38(76)71(15)48(28(5)6)61(87)89-32(11)44(55(81)65-42)67-53(79)35-20-19-30(9)51-46(35)64-47-40(41(63)50(78)31(10)52(47)91-51)54(80)68-45-33(12)90-62(88)49(29(7)8)72(16)39(77)25-70(14)58(84)37-22-34(75)23-74(37)60(86)43(27(3)4)66-56(45)82/h19-20,26-29,32-33,36-37,42-45,48-49H,17-18,21-25,63H2,1-16H3,(H,65,81)(H,66,82)(H,67,79)(H,68,80)/t32?,33?,36-,37-,42+,43+,44-,45-,48-,49-/m0/s1. The molecule has 2 unspecified atom stereocenters. The molecule has 4 fully saturated rings. The molecule has 6 aliphatic rings. The molecule has 10 atom stereocenters. The zero-order valence-corrected chi connectivity index (χ0v) is 54.3. The van der Waals surface area contributed by atoms with Crippen molar-refractivity contribution in [3.8, 4) is 11.5 Å². The average Bonchev–Trinajstić information content (AvgIpc) is 1.68. The zero-order valence-electron chi connectivity index (χ0n) is 54.3. The molecular formula is C62H84N12O17. The number of ether oxygens (including phenoxy) is 2. The van der Waals surface area contributed by atoms with Crippen LogP contribution in [0.2, 0.25) is 0 Å². The number of cyclic esters (lactones) is 2. The summed E-state index contributed by atoms with van der Waals surface area (Å²) in [6, 6.07) is -8.65. The van der Waals surface area contributed by atoms with Crippen molar-refractivity contribution in [1.82, 2.24) is 55.7 Å². The van der Waals surface area contributed by atoms with Gasteiger partial charge in [0.2, 0.25) is 52.7 Å². The molecule has 0 radical (unpaired) electrons. The highest BCUT2D eigenvalue weighted by molar-refractivity contribution is 6.11. The number of nitrogens with one attached hydrogen (secondary N) is 4. The van der Waals surface area contributed by atoms with Gasteiger partial charge in [0.05, 0.1) is 36.4 Å². The van der Waals surface area contributed by atoms with E-state index < -0.39 is 203 Å². The van der Waals surface area contributed by atoms with Crippen molar-refractivity contribution in [2.75, 3.05) is 60.1 Å². The van der Waals surface area contributed by atoms with Crippen molar-refractivity contribution < 1.29 is 76.2 Å². The number of nitrogens with two attached hydrogens (primary N) is 1. The first-order valence-electron chi connectivity index (χ1n) is 30.4. The maximum Gasteiger partial charge on any atom is 0.329 e. The summed E-state index contributed by atoms with van der Waals surface area (Å²) < 4.78 is 18.2. The predicted molar refractivity (Wildman–Crippen MR) is 326 cm³/mol. The number of aryl methyl sites for hydroxylation is 1. The zero-order chi connectivity index (χ0) is 67.8. The van der Waals surface area contributed by atoms with Crippen molar-refractivity contribution in [3.63, 3.8) is 0 Å². The third-order valence-corrected chi connectivity index (χ3v) is 17.4. The molecular weight excluding hydrogens is 1180 g/mol. The predicted octanol–water partition coefficient (Wildman–Crippen LogP) is -0.0954. The molecule has 0 aromatic heterocycles. The van der Waals surface area contributed by atoms with E-state index in [-0.39, 0.29) is 47.4 Å². The lowest BCUT2D eigenvalue weighted by Crippen LogP contribution is -2.61. The SMILES string of the molecule is Cc1c2oc3c(C)ccc(C(=O)N[C@@H]4C(=O)N[C@H](C(C)C)C(=O)N5CCC[C@H]5C(=O)N(C)CC(=O)N(C)[C@@H](C(C)C)C(=O)OC4C)c3nc-2c(C(=O)N[C@@H]2C(=O)N[C@H](C(C)C)C(=O)N3CC(=O)C[C@H]3C(=O)N(C)CC(=O)N(C)[C@@H](C(C)C)C(=O)OC2C)c(N)c1=O. The van der Waals surface area contributed by atoms with Crippen LogP contribution in [0.1, 0.15) is 120 Å². The van der Waals surface area contributed by atoms with Gasteiger partial charge < -0.3 is 70.3 Å². The number of ketones is 1. The molecule has 91 heavy (non-hydrogen) atoms. The topological polar surface area (TPSA) is 377 Å². The van der Waals surface area contributed by atoms with E-state index in [0.717, 1.165) is 19.6 Å². The van der Waals surface area contributed by atoms with Gasteiger partial charge in [-0.3, -0.25) is 57.5 Å². The number of fused-ring (bicyclic) bond motifs is 4. The number of rotatable bonds is 8. The minimum atomic E-state index is -1.96. The summed E-state index contributed by atoms with van der Waals surface area (Å²) in [4.78, 5) is 212. The Labute approximate surface area is 526 Å². The van der Waals surface area contributed by atoms with Crippen LogP contribution in [0.15, 0.2) is 21.3 Å². The number of likely N-dealkylation sites (N-methyl/N-ethyl adjacent to an activating group) is 4. The van der Waals surface area contributed by atoms with Gasteiger partial charge in [-0.15, -0.1) is 0 Å². The Morgan fingerprint density at radius 2 is 1.10 bits per heavy atom. The molecule has 5 aliphatic heterocycles. The van der Waals surface area contributed by atoms with Gasteiger partial charge in [0.25, 0.3) is 11.8 Å². The lowest BCUT2D eigenvalue weighted by atomic mass is 9.98. The Morgan fingerprint density at radius 3 is 1.58 bits per heavy atom. The number of Topliss-reactive ketones (excluding diaryl/α,β-unsaturated/α-hetero) is 1. The molecule has 4 saturated heterocycles. The molecule has 0 saturated carbocycles. The molecule has 6 N–H and O–H groups in total. The van der Waals surface area contributed by atoms with Gasteiger partial charge in [-0.1, -0.05) is 61.5 Å². The Balaban J connectivity index is 1.33. The quantitative estimate of drug-likeness (QED) is 0.112. The van der Waals surface area contributed by atoms with Gasteiger partial charge in [-0.05, 0) is 75.8 Å². The maximum atomic E-state index is 15.2. The van der Waals surface area contributed by atoms with Gasteiger partial charge in [0, 0.05) is 46.7 Å². The Hall–Kier alpha value is -9.05. The van der Waals surface area contributed by atoms with E-state index in [9.17, 15) is 57.5 Å². The van der Waals surface area contributed by atoms with Crippen LogP contribution in [0.5, 0.6) is 0 Å². The molecule has 1 aromatic carbocycles. The molecule has 5 heterocycles. The van der Waals surface area contributed by atoms with Crippen LogP contribution in [-0.4, -0.2) is 226 Å². The average molecular weight is 1270 g/mol. The van der Waals surface area contributed by atoms with E-state index in [2.05, 4.69) is 21.3 Å². The number of amides is 10. The number of carbonyl (C=O) groups is 13. The molecule has 494 valence electrons. The Morgan fingerprint density at radius 1 is 0.626 bits per heavy atom. The molecule has 7 rings (SSSR count). The van der Waals surface area contributed by atoms with Crippen LogP contribution in [-0.2, 0) is 62.2 Å². The molecule has 0 bridgehead atoms. The second-order valence-corrected chi connectivity index (χ2v) is 25.6. The van der Waals surface area contributed by atoms with E-state index in [1.807, 2.05) is 0 Å². The highest BCUT2D eigenvalue weighted by Crippen LogP contribution is 2.35. The van der Waals surface area contributed by atoms with E-state index >= 15 is 9.59 Å². The van der Waals surface area contributed by atoms with E-state index in [1.165, 1.54) is 70.9 Å². The largest absolute Gasteiger partial charge is 0.458 e. The molecule has 1 aliphatic carbocycles. The third kappa shape index (κ3) is 14.0. The summed E-state index contributed by atoms with van der Waals surface area (Å²) in [5.74, 6) is -13.8. The number of hydrogen-bond acceptors (Lipinski definition) is 19. The second kappa shape index (κ2) is 27.6. The first-order chi connectivity index (χ1) is 42.5. The molecule has 0 spiro atoms. The number of carbonyl (C=O) groups excluding carboxylic acids is 13. The van der Waals surface area contributed by atoms with E-state index in [4.69, 9.17) is 24.6 Å². The summed E-state index contributed by atoms with van der Waals surface area (Å²) in [6.45, 7) is 17.2. The number of aromatic nitrogens is 1. The molecule has 29 heteroatoms. The van der Waals surface area contributed by atoms with Gasteiger partial charge in [0.1, 0.15) is 71.8 Å². The fourth-order valence-corrected chi connectivity index (χ4v) is 12.1. The van der Waals surface area contributed by atoms with Gasteiger partial charge in [0.15, 0.2) is 17.1 Å². The van der Waals surface area contributed by atoms with Gasteiger partial charge >= 0.3 is 11.9 Å². The number of anilines is 1. The molecule has 10 amide bonds. The number of benzene rings is 2. The van der Waals surface area contributed by atoms with E-state index in [0.29, 0.717) is 12.0 Å². The van der Waals surface area contributed by atoms with Crippen molar-refractivity contribution in [3.05, 3.63) is 44.6 Å². The van der Waals surface area contributed by atoms with Crippen LogP contribution in [0.4, 0.5) is 5.69 Å². The highest BCUT2D eigenvalue weighted by Gasteiger charge is 2.48. The molecule has 1 aromatic rings. The lowest BCUT2D eigenvalue weighted by molar-refractivity contribution is -0.163. The first kappa shape index (κ1) is 69.4. The number of nitrogens with zero attached hydrogens (tertiary/aromatic N) is 7. The van der Waals surface area contributed by atoms with Crippen LogP contribution in [0, 0.1) is 37.5 Å². The smallest absolute Gasteiger partial charge is 0.329 e. The van der Waals surface area contributed by atoms with Crippen molar-refractivity contribution in [2.45, 2.75) is 163 Å². The van der Waals surface area contributed by atoms with Crippen molar-refractivity contribution >= 4 is 93.6 Å². The third-order valence-electron chi connectivity index (χ3n) is 17.4. The highest BCUT2D eigenvalue weighted by atomic mass is 16.6. The summed E-state index contributed by atoms with van der Waals surface area (Å²) in [5.41, 5.74) is 3.31. The van der Waals surface area contributed by atoms with Crippen LogP contribution >= 0.6 is 0 Å². The van der Waals surface area contributed by atoms with Crippen LogP contribution < -0.4 is 32.4 Å². The lowest BCUT2D eigenvalue weighted by Gasteiger charge is -2.36. The van der Waals surface area contributed by atoms with Gasteiger partial charge in [-0.25, -0.2) is 14.6 Å². The summed E-state index contributed by atoms with van der Waals surface area (Å²) >= 11 is 0. The van der Waals surface area contributed by atoms with Crippen molar-refractivity contribution in [1.29, 1.82) is 0 Å². The Kier molecular flexibility index (Phi) is 21.0. The first-order valence-corrected chi connectivity index (χ1v) is 30.4. The number of hydrogen-bond donors (Lipinski definition) is 5. The number of nitrogen functional groups attached to an aromatic ring is 1. The minimum absolute atomic E-state index is 0.0979. The van der Waals surface area contributed by atoms with Gasteiger partial charge in [-0.2, -0.15) is 0 Å². The van der Waals surface area contributed by atoms with Crippen LogP contribution in [0.25, 0.3) is 22.6 Å². The summed E-state index contributed by atoms with van der Waals surface area (Å²) in [7, 11) is 5.41. The van der Waals surface area contributed by atoms with Crippen LogP contribution in [0.3, 0.4) is 0 Å². The second-order valence-electron chi connectivity index (χ2n) is 25.6. The van der Waals surface area contributed by atoms with Crippen molar-refractivity contribution in [2.24, 2.45) is 23.7 Å². The van der Waals surface area contributed by atoms with E-state index in [1.54, 1.807) is 62.3 Å². The number of esters is 2. The normalized spacial score (nSPS) is 26.1. The maximum absolute atomic E-state index is 15.2. The Bertz CT molecular complexity index is 3510. The summed E-state index contributed by atoms with van der Waals surface area (Å²) in [5, 5.41) is 10.5. The summed E-state index contributed by atoms with van der Waals surface area (Å²) in [6.07, 6.45) is -2.83.